The summed E-state index contributed by atoms with van der Waals surface area (Å²) < 4.78 is 30.8. The molecule has 0 amide bonds. The smallest absolute Gasteiger partial charge is 0.387 e. The van der Waals surface area contributed by atoms with Crippen molar-refractivity contribution in [3.8, 4) is 5.75 Å². The van der Waals surface area contributed by atoms with Crippen LogP contribution in [0, 0.1) is 0 Å². The van der Waals surface area contributed by atoms with Crippen LogP contribution in [0.2, 0.25) is 5.15 Å². The maximum atomic E-state index is 12.4. The summed E-state index contributed by atoms with van der Waals surface area (Å²) in [5.74, 6) is 0.111. The van der Waals surface area contributed by atoms with Crippen LogP contribution in [0.3, 0.4) is 0 Å². The van der Waals surface area contributed by atoms with Gasteiger partial charge in [0.05, 0.1) is 5.69 Å². The Balaban J connectivity index is 2.18. The summed E-state index contributed by atoms with van der Waals surface area (Å²) >= 11 is 12.5. The molecule has 2 aromatic rings. The fourth-order valence-corrected chi connectivity index (χ4v) is 2.54. The van der Waals surface area contributed by atoms with Crippen molar-refractivity contribution >= 4 is 49.1 Å². The molecule has 0 spiro atoms. The van der Waals surface area contributed by atoms with Gasteiger partial charge in [0.15, 0.2) is 5.15 Å². The molecule has 0 saturated heterocycles. The van der Waals surface area contributed by atoms with E-state index in [1.807, 2.05) is 0 Å². The first-order chi connectivity index (χ1) is 9.95. The van der Waals surface area contributed by atoms with E-state index in [1.165, 1.54) is 6.07 Å². The van der Waals surface area contributed by atoms with Gasteiger partial charge in [-0.15, -0.1) is 0 Å². The lowest BCUT2D eigenvalue weighted by Gasteiger charge is -2.13. The molecule has 0 aliphatic carbocycles. The third kappa shape index (κ3) is 4.79. The number of anilines is 1. The zero-order valence-electron chi connectivity index (χ0n) is 10.4. The van der Waals surface area contributed by atoms with Crippen LogP contribution in [0.25, 0.3) is 0 Å². The molecular formula is C13H9Br2ClF2N2O. The Kier molecular flexibility index (Phi) is 5.78. The predicted octanol–water partition coefficient (Wildman–Crippen LogP) is 5.47. The molecule has 3 nitrogen and oxygen atoms in total. The van der Waals surface area contributed by atoms with E-state index in [2.05, 4.69) is 46.9 Å². The van der Waals surface area contributed by atoms with Gasteiger partial charge in [0, 0.05) is 27.3 Å². The zero-order chi connectivity index (χ0) is 15.4. The highest BCUT2D eigenvalue weighted by Crippen LogP contribution is 2.28. The minimum atomic E-state index is -2.87. The van der Waals surface area contributed by atoms with E-state index < -0.39 is 6.61 Å². The normalized spacial score (nSPS) is 10.8. The molecule has 0 radical (unpaired) electrons. The number of benzene rings is 1. The average Bonchev–Trinajstić information content (AvgIpc) is 2.42. The van der Waals surface area contributed by atoms with E-state index in [4.69, 9.17) is 11.6 Å². The summed E-state index contributed by atoms with van der Waals surface area (Å²) in [6.45, 7) is -2.61. The standard InChI is InChI=1S/C13H9Br2ClF2N2O/c14-8-1-2-11(21-13(17)18)7(3-8)5-19-10-4-9(15)6-20-12(10)16/h1-4,6,13,19H,5H2. The van der Waals surface area contributed by atoms with Crippen LogP contribution in [-0.2, 0) is 6.54 Å². The average molecular weight is 442 g/mol. The molecule has 0 unspecified atom stereocenters. The summed E-state index contributed by atoms with van der Waals surface area (Å²) in [7, 11) is 0. The van der Waals surface area contributed by atoms with E-state index in [9.17, 15) is 8.78 Å². The number of halogens is 5. The highest BCUT2D eigenvalue weighted by Gasteiger charge is 2.11. The van der Waals surface area contributed by atoms with E-state index in [-0.39, 0.29) is 12.3 Å². The lowest BCUT2D eigenvalue weighted by atomic mass is 10.2. The Morgan fingerprint density at radius 2 is 2.00 bits per heavy atom. The Bertz CT molecular complexity index is 644. The molecule has 0 aliphatic heterocycles. The first kappa shape index (κ1) is 16.5. The van der Waals surface area contributed by atoms with Crippen molar-refractivity contribution in [3.63, 3.8) is 0 Å². The van der Waals surface area contributed by atoms with E-state index in [0.29, 0.717) is 16.4 Å². The largest absolute Gasteiger partial charge is 0.434 e. The van der Waals surface area contributed by atoms with Gasteiger partial charge in [-0.2, -0.15) is 8.78 Å². The van der Waals surface area contributed by atoms with E-state index >= 15 is 0 Å². The zero-order valence-corrected chi connectivity index (χ0v) is 14.3. The Hall–Kier alpha value is -0.920. The molecule has 1 N–H and O–H groups in total. The van der Waals surface area contributed by atoms with Gasteiger partial charge >= 0.3 is 6.61 Å². The summed E-state index contributed by atoms with van der Waals surface area (Å²) in [6, 6.07) is 6.56. The molecule has 21 heavy (non-hydrogen) atoms. The molecule has 1 heterocycles. The topological polar surface area (TPSA) is 34.1 Å². The minimum Gasteiger partial charge on any atom is -0.434 e. The second-order valence-electron chi connectivity index (χ2n) is 3.98. The lowest BCUT2D eigenvalue weighted by Crippen LogP contribution is -2.07. The van der Waals surface area contributed by atoms with Gasteiger partial charge in [-0.1, -0.05) is 27.5 Å². The lowest BCUT2D eigenvalue weighted by molar-refractivity contribution is -0.0504. The van der Waals surface area contributed by atoms with Gasteiger partial charge in [0.1, 0.15) is 5.75 Å². The maximum absolute atomic E-state index is 12.4. The van der Waals surface area contributed by atoms with Crippen LogP contribution in [0.5, 0.6) is 5.75 Å². The molecule has 0 saturated carbocycles. The summed E-state index contributed by atoms with van der Waals surface area (Å²) in [5.41, 5.74) is 1.16. The number of rotatable bonds is 5. The minimum absolute atomic E-state index is 0.111. The summed E-state index contributed by atoms with van der Waals surface area (Å²) in [4.78, 5) is 3.97. The molecule has 0 bridgehead atoms. The van der Waals surface area contributed by atoms with Gasteiger partial charge in [-0.05, 0) is 40.2 Å². The Morgan fingerprint density at radius 3 is 2.71 bits per heavy atom. The molecule has 112 valence electrons. The van der Waals surface area contributed by atoms with Crippen LogP contribution < -0.4 is 10.1 Å². The van der Waals surface area contributed by atoms with Crippen molar-refractivity contribution in [2.45, 2.75) is 13.2 Å². The molecule has 1 aromatic heterocycles. The predicted molar refractivity (Wildman–Crippen MR) is 85.0 cm³/mol. The molecule has 8 heteroatoms. The first-order valence-electron chi connectivity index (χ1n) is 5.74. The fraction of sp³-hybridized carbons (Fsp3) is 0.154. The highest BCUT2D eigenvalue weighted by molar-refractivity contribution is 9.10. The number of alkyl halides is 2. The molecule has 0 fully saturated rings. The number of aromatic nitrogens is 1. The van der Waals surface area contributed by atoms with E-state index in [0.717, 1.165) is 8.95 Å². The summed E-state index contributed by atoms with van der Waals surface area (Å²) in [6.07, 6.45) is 1.57. The van der Waals surface area contributed by atoms with Crippen molar-refractivity contribution in [2.75, 3.05) is 5.32 Å². The van der Waals surface area contributed by atoms with Gasteiger partial charge in [-0.25, -0.2) is 4.98 Å². The second kappa shape index (κ2) is 7.38. The van der Waals surface area contributed by atoms with Gasteiger partial charge in [0.2, 0.25) is 0 Å². The Morgan fingerprint density at radius 1 is 1.24 bits per heavy atom. The Labute approximate surface area is 141 Å². The third-order valence-electron chi connectivity index (χ3n) is 2.51. The molecular weight excluding hydrogens is 433 g/mol. The van der Waals surface area contributed by atoms with E-state index in [1.54, 1.807) is 24.4 Å². The van der Waals surface area contributed by atoms with Crippen molar-refractivity contribution in [2.24, 2.45) is 0 Å². The number of nitrogens with one attached hydrogen (secondary N) is 1. The first-order valence-corrected chi connectivity index (χ1v) is 7.70. The second-order valence-corrected chi connectivity index (χ2v) is 6.17. The van der Waals surface area contributed by atoms with Crippen molar-refractivity contribution < 1.29 is 13.5 Å². The quantitative estimate of drug-likeness (QED) is 0.624. The number of nitrogens with zero attached hydrogens (tertiary/aromatic N) is 1. The number of hydrogen-bond acceptors (Lipinski definition) is 3. The molecule has 0 atom stereocenters. The number of pyridine rings is 1. The number of ether oxygens (including phenoxy) is 1. The van der Waals surface area contributed by atoms with Crippen LogP contribution in [-0.4, -0.2) is 11.6 Å². The van der Waals surface area contributed by atoms with Crippen LogP contribution in [0.4, 0.5) is 14.5 Å². The van der Waals surface area contributed by atoms with Crippen LogP contribution in [0.1, 0.15) is 5.56 Å². The highest BCUT2D eigenvalue weighted by atomic mass is 79.9. The monoisotopic (exact) mass is 440 g/mol. The molecule has 1 aromatic carbocycles. The summed E-state index contributed by atoms with van der Waals surface area (Å²) in [5, 5.41) is 3.34. The molecule has 0 aliphatic rings. The van der Waals surface area contributed by atoms with Gasteiger partial charge in [0.25, 0.3) is 0 Å². The molecule has 2 rings (SSSR count). The van der Waals surface area contributed by atoms with Gasteiger partial charge < -0.3 is 10.1 Å². The van der Waals surface area contributed by atoms with Crippen LogP contribution >= 0.6 is 43.5 Å². The van der Waals surface area contributed by atoms with Crippen LogP contribution in [0.15, 0.2) is 39.4 Å². The third-order valence-corrected chi connectivity index (χ3v) is 3.74. The van der Waals surface area contributed by atoms with Crippen molar-refractivity contribution in [1.29, 1.82) is 0 Å². The maximum Gasteiger partial charge on any atom is 0.387 e. The van der Waals surface area contributed by atoms with Crippen molar-refractivity contribution in [3.05, 3.63) is 50.1 Å². The SMILES string of the molecule is FC(F)Oc1ccc(Br)cc1CNc1cc(Br)cnc1Cl. The number of hydrogen-bond donors (Lipinski definition) is 1. The van der Waals surface area contributed by atoms with Crippen molar-refractivity contribution in [1.82, 2.24) is 4.98 Å². The van der Waals surface area contributed by atoms with Gasteiger partial charge in [-0.3, -0.25) is 0 Å². The fourth-order valence-electron chi connectivity index (χ4n) is 1.63.